The molecular formula is C15H28N2O2. The molecule has 2 heterocycles. The molecule has 4 heteroatoms. The smallest absolute Gasteiger partial charge is 0.241 e. The van der Waals surface area contributed by atoms with Crippen LogP contribution >= 0.6 is 0 Å². The average Bonchev–Trinajstić information content (AvgIpc) is 2.74. The van der Waals surface area contributed by atoms with Gasteiger partial charge in [0.2, 0.25) is 5.91 Å². The van der Waals surface area contributed by atoms with Gasteiger partial charge < -0.3 is 9.64 Å². The normalized spacial score (nSPS) is 37.7. The number of carbonyl (C=O) groups excluding carboxylic acids is 1. The number of hydrogen-bond donors (Lipinski definition) is 1. The van der Waals surface area contributed by atoms with Crippen LogP contribution in [-0.4, -0.2) is 41.8 Å². The molecule has 1 N–H and O–H groups in total. The van der Waals surface area contributed by atoms with Crippen LogP contribution in [-0.2, 0) is 9.53 Å². The predicted octanol–water partition coefficient (Wildman–Crippen LogP) is 2.14. The van der Waals surface area contributed by atoms with Crippen LogP contribution in [0.15, 0.2) is 0 Å². The van der Waals surface area contributed by atoms with E-state index < -0.39 is 0 Å². The zero-order chi connectivity index (χ0) is 14.0. The van der Waals surface area contributed by atoms with Crippen LogP contribution in [0, 0.1) is 5.92 Å². The summed E-state index contributed by atoms with van der Waals surface area (Å²) >= 11 is 0. The summed E-state index contributed by atoms with van der Waals surface area (Å²) in [6, 6.07) is 0.357. The van der Waals surface area contributed by atoms with Gasteiger partial charge in [-0.05, 0) is 32.1 Å². The quantitative estimate of drug-likeness (QED) is 0.849. The molecule has 0 aromatic rings. The van der Waals surface area contributed by atoms with E-state index in [9.17, 15) is 4.79 Å². The van der Waals surface area contributed by atoms with E-state index in [-0.39, 0.29) is 18.3 Å². The second-order valence-corrected chi connectivity index (χ2v) is 6.06. The van der Waals surface area contributed by atoms with Crippen molar-refractivity contribution in [1.82, 2.24) is 10.2 Å². The van der Waals surface area contributed by atoms with Crippen molar-refractivity contribution in [2.45, 2.75) is 77.7 Å². The summed E-state index contributed by atoms with van der Waals surface area (Å²) in [5.74, 6) is 0.712. The fourth-order valence-electron chi connectivity index (χ4n) is 3.29. The van der Waals surface area contributed by atoms with Crippen LogP contribution in [0.4, 0.5) is 0 Å². The Morgan fingerprint density at radius 1 is 1.47 bits per heavy atom. The van der Waals surface area contributed by atoms with Crippen molar-refractivity contribution in [1.29, 1.82) is 0 Å². The maximum Gasteiger partial charge on any atom is 0.241 e. The fraction of sp³-hybridized carbons (Fsp3) is 0.933. The highest BCUT2D eigenvalue weighted by Gasteiger charge is 2.44. The third-order valence-corrected chi connectivity index (χ3v) is 4.68. The van der Waals surface area contributed by atoms with Crippen molar-refractivity contribution in [3.05, 3.63) is 0 Å². The van der Waals surface area contributed by atoms with Gasteiger partial charge in [-0.1, -0.05) is 27.2 Å². The molecule has 2 fully saturated rings. The zero-order valence-electron chi connectivity index (χ0n) is 12.7. The molecule has 0 aromatic carbocycles. The highest BCUT2D eigenvalue weighted by Crippen LogP contribution is 2.28. The van der Waals surface area contributed by atoms with Crippen LogP contribution in [0.2, 0.25) is 0 Å². The molecule has 0 aromatic heterocycles. The molecular weight excluding hydrogens is 240 g/mol. The van der Waals surface area contributed by atoms with Crippen LogP contribution in [0.25, 0.3) is 0 Å². The van der Waals surface area contributed by atoms with E-state index in [1.54, 1.807) is 0 Å². The van der Waals surface area contributed by atoms with Gasteiger partial charge in [-0.3, -0.25) is 10.1 Å². The molecule has 0 spiro atoms. The Morgan fingerprint density at radius 2 is 2.21 bits per heavy atom. The Hall–Kier alpha value is -0.610. The lowest BCUT2D eigenvalue weighted by atomic mass is 9.97. The summed E-state index contributed by atoms with van der Waals surface area (Å²) in [5, 5.41) is 3.54. The van der Waals surface area contributed by atoms with Crippen LogP contribution in [0.3, 0.4) is 0 Å². The van der Waals surface area contributed by atoms with Crippen LogP contribution in [0.1, 0.15) is 53.4 Å². The van der Waals surface area contributed by atoms with E-state index in [1.807, 2.05) is 0 Å². The van der Waals surface area contributed by atoms with Crippen molar-refractivity contribution in [3.63, 3.8) is 0 Å². The van der Waals surface area contributed by atoms with E-state index in [1.165, 1.54) is 0 Å². The number of carbonyl (C=O) groups is 1. The van der Waals surface area contributed by atoms with Gasteiger partial charge in [0.1, 0.15) is 0 Å². The van der Waals surface area contributed by atoms with Gasteiger partial charge in [0.15, 0.2) is 0 Å². The SMILES string of the molecule is CCC(C)C1NC(CC)N(C2CCOC(C)C2)C1=O. The molecule has 110 valence electrons. The third-order valence-electron chi connectivity index (χ3n) is 4.68. The first-order valence-electron chi connectivity index (χ1n) is 7.78. The van der Waals surface area contributed by atoms with Gasteiger partial charge >= 0.3 is 0 Å². The summed E-state index contributed by atoms with van der Waals surface area (Å²) in [6.45, 7) is 9.35. The molecule has 2 aliphatic heterocycles. The standard InChI is InChI=1S/C15H28N2O2/c1-5-10(3)14-15(18)17(13(6-2)16-14)12-7-8-19-11(4)9-12/h10-14,16H,5-9H2,1-4H3. The number of nitrogens with zero attached hydrogens (tertiary/aromatic N) is 1. The van der Waals surface area contributed by atoms with Gasteiger partial charge in [0, 0.05) is 12.6 Å². The summed E-state index contributed by atoms with van der Waals surface area (Å²) in [5.41, 5.74) is 0. The lowest BCUT2D eigenvalue weighted by molar-refractivity contribution is -0.136. The first kappa shape index (κ1) is 14.8. The van der Waals surface area contributed by atoms with Gasteiger partial charge in [0.05, 0.1) is 18.3 Å². The van der Waals surface area contributed by atoms with Crippen molar-refractivity contribution < 1.29 is 9.53 Å². The minimum Gasteiger partial charge on any atom is -0.378 e. The second-order valence-electron chi connectivity index (χ2n) is 6.06. The number of ether oxygens (including phenoxy) is 1. The molecule has 5 unspecified atom stereocenters. The highest BCUT2D eigenvalue weighted by atomic mass is 16.5. The molecule has 2 aliphatic rings. The average molecular weight is 268 g/mol. The van der Waals surface area contributed by atoms with E-state index in [2.05, 4.69) is 37.9 Å². The second kappa shape index (κ2) is 6.23. The number of amides is 1. The Balaban J connectivity index is 2.11. The Morgan fingerprint density at radius 3 is 2.79 bits per heavy atom. The van der Waals surface area contributed by atoms with E-state index in [4.69, 9.17) is 4.74 Å². The minimum atomic E-state index is 0.00750. The molecule has 0 bridgehead atoms. The van der Waals surface area contributed by atoms with Crippen molar-refractivity contribution >= 4 is 5.91 Å². The summed E-state index contributed by atoms with van der Waals surface area (Å²) < 4.78 is 5.61. The van der Waals surface area contributed by atoms with Gasteiger partial charge in [-0.25, -0.2) is 0 Å². The van der Waals surface area contributed by atoms with Crippen molar-refractivity contribution in [2.75, 3.05) is 6.61 Å². The number of rotatable bonds is 4. The van der Waals surface area contributed by atoms with Crippen molar-refractivity contribution in [3.8, 4) is 0 Å². The van der Waals surface area contributed by atoms with Gasteiger partial charge in [-0.15, -0.1) is 0 Å². The Bertz CT molecular complexity index is 321. The fourth-order valence-corrected chi connectivity index (χ4v) is 3.29. The monoisotopic (exact) mass is 268 g/mol. The van der Waals surface area contributed by atoms with Gasteiger partial charge in [-0.2, -0.15) is 0 Å². The Labute approximate surface area is 116 Å². The molecule has 2 rings (SSSR count). The summed E-state index contributed by atoms with van der Waals surface area (Å²) in [6.07, 6.45) is 4.44. The number of nitrogens with one attached hydrogen (secondary N) is 1. The lowest BCUT2D eigenvalue weighted by Crippen LogP contribution is -2.48. The van der Waals surface area contributed by atoms with E-state index in [0.29, 0.717) is 17.9 Å². The largest absolute Gasteiger partial charge is 0.378 e. The molecule has 0 radical (unpaired) electrons. The van der Waals surface area contributed by atoms with Gasteiger partial charge in [0.25, 0.3) is 0 Å². The van der Waals surface area contributed by atoms with Crippen molar-refractivity contribution in [2.24, 2.45) is 5.92 Å². The number of hydrogen-bond acceptors (Lipinski definition) is 3. The molecule has 5 atom stereocenters. The van der Waals surface area contributed by atoms with E-state index in [0.717, 1.165) is 32.3 Å². The minimum absolute atomic E-state index is 0.00750. The third kappa shape index (κ3) is 2.95. The summed E-state index contributed by atoms with van der Waals surface area (Å²) in [4.78, 5) is 14.8. The molecule has 0 aliphatic carbocycles. The maximum absolute atomic E-state index is 12.7. The Kier molecular flexibility index (Phi) is 4.85. The molecule has 0 saturated carbocycles. The molecule has 4 nitrogen and oxygen atoms in total. The van der Waals surface area contributed by atoms with E-state index >= 15 is 0 Å². The maximum atomic E-state index is 12.7. The first-order chi connectivity index (χ1) is 9.08. The predicted molar refractivity (Wildman–Crippen MR) is 75.7 cm³/mol. The lowest BCUT2D eigenvalue weighted by Gasteiger charge is -2.37. The first-order valence-corrected chi connectivity index (χ1v) is 7.78. The zero-order valence-corrected chi connectivity index (χ0v) is 12.7. The topological polar surface area (TPSA) is 41.6 Å². The van der Waals surface area contributed by atoms with Crippen LogP contribution in [0.5, 0.6) is 0 Å². The molecule has 2 saturated heterocycles. The highest BCUT2D eigenvalue weighted by molar-refractivity contribution is 5.85. The molecule has 1 amide bonds. The molecule has 19 heavy (non-hydrogen) atoms. The summed E-state index contributed by atoms with van der Waals surface area (Å²) in [7, 11) is 0. The van der Waals surface area contributed by atoms with Crippen LogP contribution < -0.4 is 5.32 Å².